The number of rotatable bonds is 6. The molecule has 1 atom stereocenters. The number of amides is 1. The fourth-order valence-electron chi connectivity index (χ4n) is 3.53. The minimum Gasteiger partial charge on any atom is -0.396 e. The molecule has 0 radical (unpaired) electrons. The molecule has 0 spiro atoms. The summed E-state index contributed by atoms with van der Waals surface area (Å²) in [5.41, 5.74) is 4.01. The third kappa shape index (κ3) is 4.68. The first-order chi connectivity index (χ1) is 12.7. The van der Waals surface area contributed by atoms with Crippen molar-refractivity contribution in [3.05, 3.63) is 53.9 Å². The van der Waals surface area contributed by atoms with Gasteiger partial charge >= 0.3 is 0 Å². The Morgan fingerprint density at radius 1 is 1.31 bits per heavy atom. The third-order valence-electron chi connectivity index (χ3n) is 5.05. The van der Waals surface area contributed by atoms with Crippen molar-refractivity contribution in [2.45, 2.75) is 19.8 Å². The Bertz CT molecular complexity index is 730. The van der Waals surface area contributed by atoms with Crippen molar-refractivity contribution in [2.24, 2.45) is 5.92 Å². The molecule has 1 fully saturated rings. The van der Waals surface area contributed by atoms with E-state index in [1.807, 2.05) is 43.5 Å². The number of hydrogen-bond acceptors (Lipinski definition) is 4. The van der Waals surface area contributed by atoms with Crippen molar-refractivity contribution in [2.75, 3.05) is 32.8 Å². The molecular formula is C21H27N3O2. The van der Waals surface area contributed by atoms with Gasteiger partial charge in [-0.2, -0.15) is 0 Å². The summed E-state index contributed by atoms with van der Waals surface area (Å²) in [5, 5.41) is 12.3. The van der Waals surface area contributed by atoms with Crippen LogP contribution >= 0.6 is 0 Å². The van der Waals surface area contributed by atoms with Crippen LogP contribution in [0.15, 0.2) is 42.7 Å². The molecule has 1 aliphatic rings. The van der Waals surface area contributed by atoms with Crippen molar-refractivity contribution in [3.63, 3.8) is 0 Å². The number of aromatic nitrogens is 1. The second-order valence-electron chi connectivity index (χ2n) is 7.02. The minimum absolute atomic E-state index is 0.0429. The Kier molecular flexibility index (Phi) is 6.36. The quantitative estimate of drug-likeness (QED) is 0.837. The van der Waals surface area contributed by atoms with Gasteiger partial charge in [0.05, 0.1) is 0 Å². The second-order valence-corrected chi connectivity index (χ2v) is 7.02. The lowest BCUT2D eigenvalue weighted by molar-refractivity contribution is 0.0930. The van der Waals surface area contributed by atoms with E-state index in [1.54, 1.807) is 6.20 Å². The lowest BCUT2D eigenvalue weighted by Gasteiger charge is -2.31. The number of nitrogens with zero attached hydrogens (tertiary/aromatic N) is 2. The van der Waals surface area contributed by atoms with E-state index in [0.717, 1.165) is 49.2 Å². The number of carbonyl (C=O) groups is 1. The molecule has 2 aromatic rings. The molecule has 5 heteroatoms. The van der Waals surface area contributed by atoms with Gasteiger partial charge in [-0.25, -0.2) is 0 Å². The summed E-state index contributed by atoms with van der Waals surface area (Å²) in [5.74, 6) is 0.336. The number of likely N-dealkylation sites (tertiary alicyclic amines) is 1. The van der Waals surface area contributed by atoms with Gasteiger partial charge in [0.15, 0.2) is 0 Å². The van der Waals surface area contributed by atoms with Gasteiger partial charge < -0.3 is 15.3 Å². The maximum absolute atomic E-state index is 12.3. The Morgan fingerprint density at radius 3 is 2.85 bits per heavy atom. The van der Waals surface area contributed by atoms with Crippen molar-refractivity contribution >= 4 is 5.91 Å². The van der Waals surface area contributed by atoms with Crippen molar-refractivity contribution < 1.29 is 9.90 Å². The zero-order valence-corrected chi connectivity index (χ0v) is 15.3. The van der Waals surface area contributed by atoms with Crippen LogP contribution in [0.5, 0.6) is 0 Å². The van der Waals surface area contributed by atoms with Gasteiger partial charge in [0.1, 0.15) is 0 Å². The SMILES string of the molecule is Cc1cnccc1-c1ccc(C(=O)NCCN2CCC[C@@H](CO)C2)cc1. The average Bonchev–Trinajstić information content (AvgIpc) is 2.68. The van der Waals surface area contributed by atoms with Gasteiger partial charge in [-0.05, 0) is 67.1 Å². The summed E-state index contributed by atoms with van der Waals surface area (Å²) < 4.78 is 0. The van der Waals surface area contributed by atoms with Crippen LogP contribution in [0, 0.1) is 12.8 Å². The molecule has 1 saturated heterocycles. The zero-order chi connectivity index (χ0) is 18.4. The molecule has 0 aliphatic carbocycles. The molecule has 1 aliphatic heterocycles. The predicted molar refractivity (Wildman–Crippen MR) is 103 cm³/mol. The number of nitrogens with one attached hydrogen (secondary N) is 1. The molecule has 1 amide bonds. The fourth-order valence-corrected chi connectivity index (χ4v) is 3.53. The van der Waals surface area contributed by atoms with Crippen LogP contribution in [-0.2, 0) is 0 Å². The molecule has 1 aromatic carbocycles. The maximum atomic E-state index is 12.3. The molecule has 138 valence electrons. The average molecular weight is 353 g/mol. The van der Waals surface area contributed by atoms with E-state index in [4.69, 9.17) is 0 Å². The van der Waals surface area contributed by atoms with Crippen molar-refractivity contribution in [1.82, 2.24) is 15.2 Å². The van der Waals surface area contributed by atoms with Gasteiger partial charge in [0.25, 0.3) is 5.91 Å². The van der Waals surface area contributed by atoms with Gasteiger partial charge in [-0.15, -0.1) is 0 Å². The Balaban J connectivity index is 1.51. The highest BCUT2D eigenvalue weighted by atomic mass is 16.3. The smallest absolute Gasteiger partial charge is 0.251 e. The second kappa shape index (κ2) is 8.92. The zero-order valence-electron chi connectivity index (χ0n) is 15.3. The number of hydrogen-bond donors (Lipinski definition) is 2. The van der Waals surface area contributed by atoms with Crippen LogP contribution in [0.25, 0.3) is 11.1 Å². The molecule has 0 saturated carbocycles. The molecule has 5 nitrogen and oxygen atoms in total. The fraction of sp³-hybridized carbons (Fsp3) is 0.429. The van der Waals surface area contributed by atoms with E-state index < -0.39 is 0 Å². The van der Waals surface area contributed by atoms with Crippen LogP contribution in [0.3, 0.4) is 0 Å². The lowest BCUT2D eigenvalue weighted by Crippen LogP contribution is -2.41. The number of carbonyl (C=O) groups excluding carboxylic acids is 1. The van der Waals surface area contributed by atoms with Crippen LogP contribution in [0.1, 0.15) is 28.8 Å². The summed E-state index contributed by atoms with van der Waals surface area (Å²) in [6.45, 7) is 5.72. The minimum atomic E-state index is -0.0429. The molecule has 3 rings (SSSR count). The lowest BCUT2D eigenvalue weighted by atomic mass is 9.99. The summed E-state index contributed by atoms with van der Waals surface area (Å²) in [7, 11) is 0. The highest BCUT2D eigenvalue weighted by Gasteiger charge is 2.18. The molecule has 2 N–H and O–H groups in total. The Labute approximate surface area is 155 Å². The summed E-state index contributed by atoms with van der Waals surface area (Å²) in [6.07, 6.45) is 5.85. The van der Waals surface area contributed by atoms with Gasteiger partial charge in [-0.3, -0.25) is 9.78 Å². The summed E-state index contributed by atoms with van der Waals surface area (Å²) in [4.78, 5) is 18.8. The van der Waals surface area contributed by atoms with Crippen LogP contribution in [0.4, 0.5) is 0 Å². The van der Waals surface area contributed by atoms with Crippen LogP contribution in [-0.4, -0.2) is 53.7 Å². The van der Waals surface area contributed by atoms with E-state index in [9.17, 15) is 9.90 Å². The van der Waals surface area contributed by atoms with E-state index in [-0.39, 0.29) is 12.5 Å². The molecular weight excluding hydrogens is 326 g/mol. The molecule has 0 unspecified atom stereocenters. The first-order valence-electron chi connectivity index (χ1n) is 9.30. The number of pyridine rings is 1. The predicted octanol–water partition coefficient (Wildman–Crippen LogP) is 2.49. The number of aliphatic hydroxyl groups excluding tert-OH is 1. The monoisotopic (exact) mass is 353 g/mol. The standard InChI is InChI=1S/C21H27N3O2/c1-16-13-22-9-8-20(16)18-4-6-19(7-5-18)21(26)23-10-12-24-11-2-3-17(14-24)15-25/h4-9,13,17,25H,2-3,10-12,14-15H2,1H3,(H,23,26)/t17-/m1/s1. The number of aryl methyl sites for hydroxylation is 1. The maximum Gasteiger partial charge on any atom is 0.251 e. The van der Waals surface area contributed by atoms with E-state index in [1.165, 1.54) is 0 Å². The Morgan fingerprint density at radius 2 is 2.12 bits per heavy atom. The van der Waals surface area contributed by atoms with E-state index in [2.05, 4.69) is 15.2 Å². The largest absolute Gasteiger partial charge is 0.396 e. The first kappa shape index (κ1) is 18.5. The number of piperidine rings is 1. The normalized spacial score (nSPS) is 17.8. The van der Waals surface area contributed by atoms with Crippen LogP contribution < -0.4 is 5.32 Å². The van der Waals surface area contributed by atoms with E-state index in [0.29, 0.717) is 18.0 Å². The summed E-state index contributed by atoms with van der Waals surface area (Å²) in [6, 6.07) is 9.69. The topological polar surface area (TPSA) is 65.5 Å². The molecule has 0 bridgehead atoms. The first-order valence-corrected chi connectivity index (χ1v) is 9.30. The molecule has 26 heavy (non-hydrogen) atoms. The molecule has 1 aromatic heterocycles. The summed E-state index contributed by atoms with van der Waals surface area (Å²) >= 11 is 0. The van der Waals surface area contributed by atoms with Gasteiger partial charge in [-0.1, -0.05) is 12.1 Å². The highest BCUT2D eigenvalue weighted by molar-refractivity contribution is 5.94. The third-order valence-corrected chi connectivity index (χ3v) is 5.05. The van der Waals surface area contributed by atoms with Crippen molar-refractivity contribution in [1.29, 1.82) is 0 Å². The Hall–Kier alpha value is -2.24. The van der Waals surface area contributed by atoms with Crippen molar-refractivity contribution in [3.8, 4) is 11.1 Å². The van der Waals surface area contributed by atoms with Crippen LogP contribution in [0.2, 0.25) is 0 Å². The van der Waals surface area contributed by atoms with E-state index >= 15 is 0 Å². The highest BCUT2D eigenvalue weighted by Crippen LogP contribution is 2.22. The van der Waals surface area contributed by atoms with Gasteiger partial charge in [0.2, 0.25) is 0 Å². The van der Waals surface area contributed by atoms with Gasteiger partial charge in [0, 0.05) is 44.2 Å². The molecule has 2 heterocycles. The number of aliphatic hydroxyl groups is 1. The number of benzene rings is 1.